The van der Waals surface area contributed by atoms with Gasteiger partial charge in [-0.1, -0.05) is 6.07 Å². The third kappa shape index (κ3) is 2.18. The van der Waals surface area contributed by atoms with E-state index in [-0.39, 0.29) is 13.2 Å². The highest BCUT2D eigenvalue weighted by atomic mass is 16.5. The molecule has 0 fully saturated rings. The number of nitrogens with one attached hydrogen (secondary N) is 1. The maximum absolute atomic E-state index is 9.34. The van der Waals surface area contributed by atoms with Gasteiger partial charge in [-0.05, 0) is 25.1 Å². The number of hydrogen-bond donors (Lipinski definition) is 3. The van der Waals surface area contributed by atoms with Crippen LogP contribution in [0.1, 0.15) is 5.69 Å². The van der Waals surface area contributed by atoms with Gasteiger partial charge >= 0.3 is 0 Å². The normalized spacial score (nSPS) is 12.9. The van der Waals surface area contributed by atoms with Crippen LogP contribution in [0.2, 0.25) is 0 Å². The van der Waals surface area contributed by atoms with Gasteiger partial charge in [-0.15, -0.1) is 0 Å². The minimum atomic E-state index is -0.615. The minimum Gasteiger partial charge on any atom is -0.490 e. The van der Waals surface area contributed by atoms with Crippen LogP contribution in [0.25, 0.3) is 10.9 Å². The molecule has 1 heterocycles. The van der Waals surface area contributed by atoms with Gasteiger partial charge in [0.25, 0.3) is 0 Å². The Morgan fingerprint density at radius 3 is 3.06 bits per heavy atom. The Kier molecular flexibility index (Phi) is 3.12. The first kappa shape index (κ1) is 11.0. The summed E-state index contributed by atoms with van der Waals surface area (Å²) >= 11 is 0. The Hall–Kier alpha value is -1.52. The van der Waals surface area contributed by atoms with E-state index in [0.717, 1.165) is 22.3 Å². The predicted molar refractivity (Wildman–Crippen MR) is 63.6 cm³/mol. The standard InChI is InChI=1S/C12H16N2O2/c1-8-5-10-11(14-8)3-2-4-12(10)16-7-9(15)6-13/h2-5,9,14-15H,6-7,13H2,1H3. The molecule has 16 heavy (non-hydrogen) atoms. The van der Waals surface area contributed by atoms with E-state index < -0.39 is 6.10 Å². The number of rotatable bonds is 4. The van der Waals surface area contributed by atoms with Crippen molar-refractivity contribution in [1.82, 2.24) is 4.98 Å². The number of aliphatic hydroxyl groups excluding tert-OH is 1. The molecule has 1 atom stereocenters. The van der Waals surface area contributed by atoms with Crippen LogP contribution in [0.4, 0.5) is 0 Å². The fourth-order valence-corrected chi connectivity index (χ4v) is 1.65. The number of benzene rings is 1. The van der Waals surface area contributed by atoms with Crippen molar-refractivity contribution in [3.8, 4) is 5.75 Å². The smallest absolute Gasteiger partial charge is 0.128 e. The lowest BCUT2D eigenvalue weighted by molar-refractivity contribution is 0.115. The van der Waals surface area contributed by atoms with E-state index in [0.29, 0.717) is 0 Å². The molecular weight excluding hydrogens is 204 g/mol. The molecule has 4 nitrogen and oxygen atoms in total. The van der Waals surface area contributed by atoms with Gasteiger partial charge in [0, 0.05) is 23.1 Å². The fourth-order valence-electron chi connectivity index (χ4n) is 1.65. The van der Waals surface area contributed by atoms with Gasteiger partial charge in [0.2, 0.25) is 0 Å². The van der Waals surface area contributed by atoms with Gasteiger partial charge < -0.3 is 20.6 Å². The molecule has 4 N–H and O–H groups in total. The Bertz CT molecular complexity index is 479. The van der Waals surface area contributed by atoms with Gasteiger partial charge in [-0.2, -0.15) is 0 Å². The Morgan fingerprint density at radius 2 is 2.31 bits per heavy atom. The highest BCUT2D eigenvalue weighted by molar-refractivity contribution is 5.86. The van der Waals surface area contributed by atoms with Crippen molar-refractivity contribution in [2.75, 3.05) is 13.2 Å². The van der Waals surface area contributed by atoms with Crippen LogP contribution in [-0.4, -0.2) is 29.3 Å². The van der Waals surface area contributed by atoms with Gasteiger partial charge in [0.05, 0.1) is 0 Å². The van der Waals surface area contributed by atoms with Gasteiger partial charge in [-0.3, -0.25) is 0 Å². The lowest BCUT2D eigenvalue weighted by Gasteiger charge is -2.10. The number of H-pyrrole nitrogens is 1. The summed E-state index contributed by atoms with van der Waals surface area (Å²) in [5.74, 6) is 0.773. The molecule has 0 aliphatic heterocycles. The average Bonchev–Trinajstić information content (AvgIpc) is 2.66. The van der Waals surface area contributed by atoms with E-state index in [1.54, 1.807) is 0 Å². The first-order valence-corrected chi connectivity index (χ1v) is 5.30. The van der Waals surface area contributed by atoms with E-state index in [9.17, 15) is 5.11 Å². The van der Waals surface area contributed by atoms with E-state index in [1.807, 2.05) is 31.2 Å². The average molecular weight is 220 g/mol. The highest BCUT2D eigenvalue weighted by Crippen LogP contribution is 2.26. The third-order valence-electron chi connectivity index (χ3n) is 2.46. The number of aromatic nitrogens is 1. The molecule has 0 saturated carbocycles. The first-order valence-electron chi connectivity index (χ1n) is 5.30. The molecule has 0 amide bonds. The maximum Gasteiger partial charge on any atom is 0.128 e. The zero-order valence-electron chi connectivity index (χ0n) is 9.23. The van der Waals surface area contributed by atoms with Crippen molar-refractivity contribution in [3.63, 3.8) is 0 Å². The molecule has 4 heteroatoms. The summed E-state index contributed by atoms with van der Waals surface area (Å²) in [6.07, 6.45) is -0.615. The Balaban J connectivity index is 2.23. The summed E-state index contributed by atoms with van der Waals surface area (Å²) in [5, 5.41) is 10.4. The van der Waals surface area contributed by atoms with Crippen LogP contribution in [-0.2, 0) is 0 Å². The predicted octanol–water partition coefficient (Wildman–Crippen LogP) is 1.17. The molecular formula is C12H16N2O2. The summed E-state index contributed by atoms with van der Waals surface area (Å²) in [6.45, 7) is 2.43. The van der Waals surface area contributed by atoms with E-state index in [2.05, 4.69) is 4.98 Å². The van der Waals surface area contributed by atoms with Crippen molar-refractivity contribution in [2.24, 2.45) is 5.73 Å². The van der Waals surface area contributed by atoms with Gasteiger partial charge in [0.15, 0.2) is 0 Å². The van der Waals surface area contributed by atoms with Crippen LogP contribution in [0.5, 0.6) is 5.75 Å². The number of aromatic amines is 1. The fraction of sp³-hybridized carbons (Fsp3) is 0.333. The van der Waals surface area contributed by atoms with Crippen molar-refractivity contribution in [1.29, 1.82) is 0 Å². The Morgan fingerprint density at radius 1 is 1.50 bits per heavy atom. The van der Waals surface area contributed by atoms with Gasteiger partial charge in [0.1, 0.15) is 18.5 Å². The molecule has 0 radical (unpaired) electrons. The monoisotopic (exact) mass is 220 g/mol. The Labute approximate surface area is 94.0 Å². The number of aryl methyl sites for hydroxylation is 1. The summed E-state index contributed by atoms with van der Waals surface area (Å²) in [7, 11) is 0. The maximum atomic E-state index is 9.34. The molecule has 0 aliphatic carbocycles. The van der Waals surface area contributed by atoms with Crippen LogP contribution < -0.4 is 10.5 Å². The molecule has 0 aliphatic rings. The number of aliphatic hydroxyl groups is 1. The highest BCUT2D eigenvalue weighted by Gasteiger charge is 2.06. The summed E-state index contributed by atoms with van der Waals surface area (Å²) < 4.78 is 5.54. The molecule has 0 saturated heterocycles. The van der Waals surface area contributed by atoms with Crippen molar-refractivity contribution in [2.45, 2.75) is 13.0 Å². The molecule has 0 spiro atoms. The molecule has 1 aromatic heterocycles. The summed E-state index contributed by atoms with van der Waals surface area (Å²) in [4.78, 5) is 3.23. The van der Waals surface area contributed by atoms with Crippen LogP contribution in [0.3, 0.4) is 0 Å². The SMILES string of the molecule is Cc1cc2c(OCC(O)CN)cccc2[nH]1. The van der Waals surface area contributed by atoms with E-state index >= 15 is 0 Å². The second-order valence-corrected chi connectivity index (χ2v) is 3.87. The number of hydrogen-bond acceptors (Lipinski definition) is 3. The molecule has 1 unspecified atom stereocenters. The van der Waals surface area contributed by atoms with Crippen molar-refractivity contribution >= 4 is 10.9 Å². The molecule has 2 rings (SSSR count). The number of ether oxygens (including phenoxy) is 1. The minimum absolute atomic E-state index is 0.210. The topological polar surface area (TPSA) is 71.3 Å². The zero-order valence-corrected chi connectivity index (χ0v) is 9.23. The first-order chi connectivity index (χ1) is 7.70. The summed E-state index contributed by atoms with van der Waals surface area (Å²) in [5.41, 5.74) is 7.44. The van der Waals surface area contributed by atoms with Gasteiger partial charge in [-0.25, -0.2) is 0 Å². The molecule has 0 bridgehead atoms. The van der Waals surface area contributed by atoms with E-state index in [1.165, 1.54) is 0 Å². The number of fused-ring (bicyclic) bond motifs is 1. The second-order valence-electron chi connectivity index (χ2n) is 3.87. The molecule has 1 aromatic carbocycles. The third-order valence-corrected chi connectivity index (χ3v) is 2.46. The zero-order chi connectivity index (χ0) is 11.5. The summed E-state index contributed by atoms with van der Waals surface area (Å²) in [6, 6.07) is 7.83. The largest absolute Gasteiger partial charge is 0.490 e. The van der Waals surface area contributed by atoms with Crippen LogP contribution >= 0.6 is 0 Å². The molecule has 2 aromatic rings. The molecule has 86 valence electrons. The van der Waals surface area contributed by atoms with E-state index in [4.69, 9.17) is 10.5 Å². The lowest BCUT2D eigenvalue weighted by Crippen LogP contribution is -2.26. The second kappa shape index (κ2) is 4.55. The quantitative estimate of drug-likeness (QED) is 0.724. The van der Waals surface area contributed by atoms with Crippen LogP contribution in [0.15, 0.2) is 24.3 Å². The lowest BCUT2D eigenvalue weighted by atomic mass is 10.2. The van der Waals surface area contributed by atoms with Crippen molar-refractivity contribution in [3.05, 3.63) is 30.0 Å². The number of nitrogens with two attached hydrogens (primary N) is 1. The van der Waals surface area contributed by atoms with Crippen molar-refractivity contribution < 1.29 is 9.84 Å². The van der Waals surface area contributed by atoms with Crippen LogP contribution in [0, 0.1) is 6.92 Å².